The summed E-state index contributed by atoms with van der Waals surface area (Å²) in [5.41, 5.74) is 4.04. The topological polar surface area (TPSA) is 61.6 Å². The van der Waals surface area contributed by atoms with Crippen LogP contribution in [0.4, 0.5) is 0 Å². The van der Waals surface area contributed by atoms with Crippen LogP contribution in [0.5, 0.6) is 0 Å². The van der Waals surface area contributed by atoms with Gasteiger partial charge in [0.05, 0.1) is 0 Å². The first-order valence-electron chi connectivity index (χ1n) is 53.9. The summed E-state index contributed by atoms with van der Waals surface area (Å²) in [7, 11) is 0. The lowest BCUT2D eigenvalue weighted by Crippen LogP contribution is -2.58. The Morgan fingerprint density at radius 1 is 0.156 bits per heavy atom. The minimum Gasteiger partial charge on any atom is -0.301 e. The molecule has 12 heterocycles. The van der Waals surface area contributed by atoms with Gasteiger partial charge >= 0.3 is 0 Å². The highest BCUT2D eigenvalue weighted by molar-refractivity contribution is 4.97. The van der Waals surface area contributed by atoms with Gasteiger partial charge in [-0.1, -0.05) is 0 Å². The molecule has 0 saturated carbocycles. The molecule has 12 saturated heterocycles. The lowest BCUT2D eigenvalue weighted by Gasteiger charge is -2.47. The summed E-state index contributed by atoms with van der Waals surface area (Å²) in [4.78, 5) is 50.6. The van der Waals surface area contributed by atoms with Crippen molar-refractivity contribution in [3.8, 4) is 0 Å². The molecule has 12 aliphatic heterocycles. The molecular formula is C109H225N19. The van der Waals surface area contributed by atoms with E-state index < -0.39 is 0 Å². The van der Waals surface area contributed by atoms with Gasteiger partial charge in [0, 0.05) is 301 Å². The minimum atomic E-state index is 0.318. The molecule has 12 aliphatic rings. The summed E-state index contributed by atoms with van der Waals surface area (Å²) in [6, 6.07) is 1.40. The zero-order chi connectivity index (χ0) is 95.8. The van der Waals surface area contributed by atoms with Gasteiger partial charge < -0.3 is 14.7 Å². The van der Waals surface area contributed by atoms with Crippen LogP contribution in [0.15, 0.2) is 0 Å². The first-order valence-corrected chi connectivity index (χ1v) is 53.9. The number of likely N-dealkylation sites (tertiary alicyclic amines) is 5. The predicted molar refractivity (Wildman–Crippen MR) is 559 cm³/mol. The van der Waals surface area contributed by atoms with Crippen molar-refractivity contribution in [1.82, 2.24) is 93.1 Å². The minimum absolute atomic E-state index is 0.318. The molecule has 756 valence electrons. The van der Waals surface area contributed by atoms with Gasteiger partial charge in [-0.3, -0.25) is 78.4 Å². The van der Waals surface area contributed by atoms with Crippen LogP contribution in [0.1, 0.15) is 321 Å². The Kier molecular flexibility index (Phi) is 43.6. The van der Waals surface area contributed by atoms with Crippen LogP contribution in [0.25, 0.3) is 0 Å². The van der Waals surface area contributed by atoms with E-state index in [1.165, 1.54) is 339 Å². The van der Waals surface area contributed by atoms with Crippen molar-refractivity contribution in [2.24, 2.45) is 29.6 Å². The second kappa shape index (κ2) is 48.9. The molecule has 19 nitrogen and oxygen atoms in total. The fourth-order valence-electron chi connectivity index (χ4n) is 22.6. The Hall–Kier alpha value is -0.760. The third kappa shape index (κ3) is 39.5. The summed E-state index contributed by atoms with van der Waals surface area (Å²) in [5, 5.41) is 0. The predicted octanol–water partition coefficient (Wildman–Crippen LogP) is 16.8. The van der Waals surface area contributed by atoms with E-state index >= 15 is 0 Å². The molecule has 0 radical (unpaired) electrons. The molecule has 19 heteroatoms. The van der Waals surface area contributed by atoms with Crippen LogP contribution in [0.2, 0.25) is 0 Å². The Bertz CT molecular complexity index is 2720. The van der Waals surface area contributed by atoms with Crippen LogP contribution >= 0.6 is 0 Å². The third-order valence-electron chi connectivity index (χ3n) is 32.8. The van der Waals surface area contributed by atoms with E-state index in [-0.39, 0.29) is 0 Å². The van der Waals surface area contributed by atoms with Gasteiger partial charge in [-0.05, 0) is 409 Å². The molecule has 12 fully saturated rings. The van der Waals surface area contributed by atoms with E-state index in [1.807, 2.05) is 0 Å². The fraction of sp³-hybridized carbons (Fsp3) is 1.00. The maximum Gasteiger partial charge on any atom is 0.0195 e. The number of hydrogen-bond donors (Lipinski definition) is 0. The van der Waals surface area contributed by atoms with Crippen LogP contribution in [-0.2, 0) is 0 Å². The van der Waals surface area contributed by atoms with Gasteiger partial charge in [-0.25, -0.2) is 0 Å². The standard InChI is InChI=1S/3C19H39N3.C18H38N4.2C17H35N3/c2*1-16-14-22(19(5,6)7)13-12-20(16)15-17-8-10-21(11-9-17)18(2,3)4;1-18(2,3)21-11-8-17(9-12-21)7-10-20-13-15-22(16-14-20)19(4,5)6;1-17(2,3)21-13-9-19(10-14-21)7-8-20-11-15-22(16-12-20)18(4,5)6;2*1-16(2,3)19-11-9-18(10-12-19)13-15-7-8-20(14-15)17(4,5)6/h2*16-17H,8-15H2,1-7H3;17H,7-16H2,1-6H3;7-16H2,1-6H3;2*15H,7-14H2,1-6H3/t2*16-;;;2*15-/m10..10/s1. The normalized spacial score (nSPS) is 27.0. The van der Waals surface area contributed by atoms with Crippen LogP contribution in [0.3, 0.4) is 0 Å². The molecule has 0 aromatic rings. The SMILES string of the molecule is CC(C)(C)N1CCC(CCN2CCN(C(C)(C)C)CC2)CC1.CC(C)(C)N1CCN(CCN2CCN(C(C)(C)C)CC2)CC1.CC(C)(C)N1CCN(C[C@@H]2CCN(C(C)(C)C)C2)CC1.CC(C)(C)N1CCN(C[C@H]2CCN(C(C)(C)C)C2)CC1.C[C@@H]1CN(C(C)(C)C)CCN1CC1CCN(C(C)(C)C)CC1.C[C@H]1CN(C(C)(C)C)CCN1CC1CCN(C(C)(C)C)CC1. The highest BCUT2D eigenvalue weighted by atomic mass is 15.4. The average Bonchev–Trinajstić information content (AvgIpc) is 0.942. The van der Waals surface area contributed by atoms with E-state index in [1.54, 1.807) is 0 Å². The lowest BCUT2D eigenvalue weighted by molar-refractivity contribution is 0.00978. The van der Waals surface area contributed by atoms with Crippen LogP contribution in [-0.4, -0.2) is 453 Å². The van der Waals surface area contributed by atoms with Crippen molar-refractivity contribution < 1.29 is 0 Å². The van der Waals surface area contributed by atoms with E-state index in [0.717, 1.165) is 29.6 Å². The monoisotopic (exact) mass is 1800 g/mol. The van der Waals surface area contributed by atoms with Crippen molar-refractivity contribution in [3.05, 3.63) is 0 Å². The molecule has 0 aromatic heterocycles. The fourth-order valence-corrected chi connectivity index (χ4v) is 22.6. The summed E-state index contributed by atoms with van der Waals surface area (Å²) in [6.45, 7) is 143. The van der Waals surface area contributed by atoms with E-state index in [9.17, 15) is 0 Å². The Morgan fingerprint density at radius 3 is 0.539 bits per heavy atom. The molecule has 0 bridgehead atoms. The molecule has 0 spiro atoms. The summed E-state index contributed by atoms with van der Waals surface area (Å²) in [6.07, 6.45) is 12.5. The molecular weight excluding hydrogens is 1580 g/mol. The first kappa shape index (κ1) is 114. The van der Waals surface area contributed by atoms with Crippen molar-refractivity contribution in [2.45, 2.75) is 399 Å². The second-order valence-corrected chi connectivity index (χ2v) is 55.0. The number of hydrogen-bond acceptors (Lipinski definition) is 19. The third-order valence-corrected chi connectivity index (χ3v) is 32.8. The van der Waals surface area contributed by atoms with Gasteiger partial charge in [0.1, 0.15) is 0 Å². The molecule has 0 unspecified atom stereocenters. The van der Waals surface area contributed by atoms with E-state index in [4.69, 9.17) is 0 Å². The average molecular weight is 1800 g/mol. The number of piperazine rings is 7. The maximum absolute atomic E-state index is 2.75. The Labute approximate surface area is 799 Å². The van der Waals surface area contributed by atoms with Crippen molar-refractivity contribution in [1.29, 1.82) is 0 Å². The molecule has 0 aliphatic carbocycles. The molecule has 4 atom stereocenters. The number of rotatable bonds is 14. The van der Waals surface area contributed by atoms with Crippen LogP contribution < -0.4 is 0 Å². The van der Waals surface area contributed by atoms with Crippen molar-refractivity contribution in [3.63, 3.8) is 0 Å². The summed E-state index contributed by atoms with van der Waals surface area (Å²) in [5.74, 6) is 4.54. The van der Waals surface area contributed by atoms with Gasteiger partial charge in [-0.2, -0.15) is 0 Å². The highest BCUT2D eigenvalue weighted by Gasteiger charge is 2.41. The molecule has 12 rings (SSSR count). The first-order chi connectivity index (χ1) is 58.8. The zero-order valence-electron chi connectivity index (χ0n) is 93.3. The number of piperidine rings is 3. The van der Waals surface area contributed by atoms with Gasteiger partial charge in [0.15, 0.2) is 0 Å². The van der Waals surface area contributed by atoms with Crippen molar-refractivity contribution >= 4 is 0 Å². The van der Waals surface area contributed by atoms with Gasteiger partial charge in [-0.15, -0.1) is 0 Å². The summed E-state index contributed by atoms with van der Waals surface area (Å²) < 4.78 is 0. The quantitative estimate of drug-likeness (QED) is 0.166. The second-order valence-electron chi connectivity index (χ2n) is 55.0. The smallest absolute Gasteiger partial charge is 0.0195 e. The van der Waals surface area contributed by atoms with E-state index in [2.05, 4.69) is 356 Å². The lowest BCUT2D eigenvalue weighted by atomic mass is 9.90. The Balaban J connectivity index is 0.000000211. The molecule has 0 aromatic carbocycles. The zero-order valence-corrected chi connectivity index (χ0v) is 93.3. The highest BCUT2D eigenvalue weighted by Crippen LogP contribution is 2.34. The summed E-state index contributed by atoms with van der Waals surface area (Å²) >= 11 is 0. The maximum atomic E-state index is 2.75. The van der Waals surface area contributed by atoms with Gasteiger partial charge in [0.25, 0.3) is 0 Å². The molecule has 0 N–H and O–H groups in total. The number of nitrogens with zero attached hydrogens (tertiary/aromatic N) is 19. The molecule has 128 heavy (non-hydrogen) atoms. The molecule has 0 amide bonds. The van der Waals surface area contributed by atoms with Crippen molar-refractivity contribution in [2.75, 3.05) is 281 Å². The Morgan fingerprint density at radius 2 is 0.328 bits per heavy atom. The van der Waals surface area contributed by atoms with E-state index in [0.29, 0.717) is 78.6 Å². The van der Waals surface area contributed by atoms with Crippen LogP contribution in [0, 0.1) is 29.6 Å². The largest absolute Gasteiger partial charge is 0.301 e. The van der Waals surface area contributed by atoms with Gasteiger partial charge in [0.2, 0.25) is 0 Å².